The molecule has 20 heavy (non-hydrogen) atoms. The molecule has 0 atom stereocenters. The zero-order valence-electron chi connectivity index (χ0n) is 12.1. The summed E-state index contributed by atoms with van der Waals surface area (Å²) in [5.41, 5.74) is 0.605. The van der Waals surface area contributed by atoms with Crippen LogP contribution in [0.15, 0.2) is 6.20 Å². The third-order valence-electron chi connectivity index (χ3n) is 2.54. The van der Waals surface area contributed by atoms with Crippen molar-refractivity contribution in [3.8, 4) is 0 Å². The molecule has 1 N–H and O–H groups in total. The van der Waals surface area contributed by atoms with Crippen molar-refractivity contribution >= 4 is 18.9 Å². The van der Waals surface area contributed by atoms with Crippen molar-refractivity contribution in [2.75, 3.05) is 27.4 Å². The van der Waals surface area contributed by atoms with E-state index in [0.717, 1.165) is 0 Å². The Labute approximate surface area is 118 Å². The Hall–Kier alpha value is -1.14. The molecule has 0 amide bonds. The van der Waals surface area contributed by atoms with Crippen LogP contribution < -0.4 is 5.30 Å². The van der Waals surface area contributed by atoms with E-state index in [0.29, 0.717) is 10.9 Å². The number of nitrogens with one attached hydrogen (secondary N) is 1. The van der Waals surface area contributed by atoms with Crippen molar-refractivity contribution in [1.82, 2.24) is 4.98 Å². The molecule has 0 bridgehead atoms. The van der Waals surface area contributed by atoms with Crippen LogP contribution in [0, 0.1) is 0 Å². The molecule has 0 radical (unpaired) electrons. The Balaban J connectivity index is 3.31. The van der Waals surface area contributed by atoms with Gasteiger partial charge in [0.25, 0.3) is 0 Å². The molecule has 0 spiro atoms. The summed E-state index contributed by atoms with van der Waals surface area (Å²) in [5.74, 6) is -0.567. The molecule has 0 aliphatic rings. The summed E-state index contributed by atoms with van der Waals surface area (Å²) in [6.45, 7) is 3.98. The summed E-state index contributed by atoms with van der Waals surface area (Å²) >= 11 is 0. The van der Waals surface area contributed by atoms with Crippen molar-refractivity contribution < 1.29 is 27.9 Å². The topological polar surface area (TPSA) is 86.9 Å². The summed E-state index contributed by atoms with van der Waals surface area (Å²) in [6.07, 6.45) is 1.44. The van der Waals surface area contributed by atoms with Gasteiger partial charge in [0, 0.05) is 18.9 Å². The highest BCUT2D eigenvalue weighted by molar-refractivity contribution is 7.62. The second-order valence-corrected chi connectivity index (χ2v) is 5.78. The van der Waals surface area contributed by atoms with Gasteiger partial charge in [0.1, 0.15) is 5.69 Å². The minimum absolute atomic E-state index is 0.0907. The summed E-state index contributed by atoms with van der Waals surface area (Å²) in [7, 11) is -0.743. The molecule has 1 aromatic rings. The standard InChI is InChI=1S/C12H20NO6P/c1-5-18-20(15,19-6-2)10-7-13-11(12(14)17-4)9(10)8-16-3/h7,13H,5-6,8H2,1-4H3. The number of rotatable bonds is 8. The molecular formula is C12H20NO6P. The maximum absolute atomic E-state index is 12.8. The fourth-order valence-electron chi connectivity index (χ4n) is 1.78. The minimum atomic E-state index is -3.49. The SMILES string of the molecule is CCOP(=O)(OCC)c1c[nH]c(C(=O)OC)c1COC. The molecule has 7 nitrogen and oxygen atoms in total. The zero-order valence-corrected chi connectivity index (χ0v) is 13.0. The number of esters is 1. The Kier molecular flexibility index (Phi) is 6.42. The molecule has 1 rings (SSSR count). The number of ether oxygens (including phenoxy) is 2. The van der Waals surface area contributed by atoms with E-state index in [2.05, 4.69) is 9.72 Å². The first-order valence-electron chi connectivity index (χ1n) is 6.21. The molecule has 0 aromatic carbocycles. The van der Waals surface area contributed by atoms with Gasteiger partial charge in [0.05, 0.1) is 32.2 Å². The highest BCUT2D eigenvalue weighted by Gasteiger charge is 2.33. The molecule has 0 saturated heterocycles. The van der Waals surface area contributed by atoms with E-state index < -0.39 is 13.6 Å². The molecule has 0 aliphatic heterocycles. The quantitative estimate of drug-likeness (QED) is 0.582. The van der Waals surface area contributed by atoms with Gasteiger partial charge in [-0.05, 0) is 13.8 Å². The van der Waals surface area contributed by atoms with E-state index in [4.69, 9.17) is 13.8 Å². The molecule has 114 valence electrons. The van der Waals surface area contributed by atoms with Gasteiger partial charge < -0.3 is 23.5 Å². The van der Waals surface area contributed by atoms with Crippen LogP contribution in [0.1, 0.15) is 29.9 Å². The van der Waals surface area contributed by atoms with Crippen molar-refractivity contribution in [2.24, 2.45) is 0 Å². The average Bonchev–Trinajstić information content (AvgIpc) is 2.83. The van der Waals surface area contributed by atoms with E-state index in [1.165, 1.54) is 20.4 Å². The maximum Gasteiger partial charge on any atom is 0.363 e. The number of methoxy groups -OCH3 is 2. The van der Waals surface area contributed by atoms with E-state index in [1.807, 2.05) is 0 Å². The number of aromatic nitrogens is 1. The number of carbonyl (C=O) groups is 1. The molecule has 0 unspecified atom stereocenters. The molecule has 0 saturated carbocycles. The van der Waals surface area contributed by atoms with Crippen LogP contribution in [0.3, 0.4) is 0 Å². The third kappa shape index (κ3) is 3.49. The summed E-state index contributed by atoms with van der Waals surface area (Å²) in [4.78, 5) is 14.4. The van der Waals surface area contributed by atoms with Crippen LogP contribution in [0.25, 0.3) is 0 Å². The zero-order chi connectivity index (χ0) is 15.2. The number of aromatic amines is 1. The lowest BCUT2D eigenvalue weighted by Crippen LogP contribution is -2.16. The van der Waals surface area contributed by atoms with Gasteiger partial charge in [-0.1, -0.05) is 0 Å². The van der Waals surface area contributed by atoms with Crippen molar-refractivity contribution in [3.63, 3.8) is 0 Å². The maximum atomic E-state index is 12.8. The second kappa shape index (κ2) is 7.59. The molecular weight excluding hydrogens is 285 g/mol. The third-order valence-corrected chi connectivity index (χ3v) is 4.72. The number of H-pyrrole nitrogens is 1. The largest absolute Gasteiger partial charge is 0.464 e. The predicted octanol–water partition coefficient (Wildman–Crippen LogP) is 1.84. The Bertz CT molecular complexity index is 488. The summed E-state index contributed by atoms with van der Waals surface area (Å²) in [6, 6.07) is 0. The van der Waals surface area contributed by atoms with Gasteiger partial charge >= 0.3 is 13.6 Å². The van der Waals surface area contributed by atoms with Gasteiger partial charge in [0.2, 0.25) is 0 Å². The van der Waals surface area contributed by atoms with Crippen molar-refractivity contribution in [3.05, 3.63) is 17.5 Å². The molecule has 1 aromatic heterocycles. The molecule has 8 heteroatoms. The normalized spacial score (nSPS) is 11.6. The molecule has 0 fully saturated rings. The summed E-state index contributed by atoms with van der Waals surface area (Å²) < 4.78 is 33.0. The van der Waals surface area contributed by atoms with Crippen molar-refractivity contribution in [1.29, 1.82) is 0 Å². The van der Waals surface area contributed by atoms with Crippen LogP contribution in [0.2, 0.25) is 0 Å². The average molecular weight is 305 g/mol. The second-order valence-electron chi connectivity index (χ2n) is 3.79. The summed E-state index contributed by atoms with van der Waals surface area (Å²) in [5, 5.41) is 0.295. The first-order valence-corrected chi connectivity index (χ1v) is 7.75. The van der Waals surface area contributed by atoms with Gasteiger partial charge in [-0.15, -0.1) is 0 Å². The van der Waals surface area contributed by atoms with Crippen LogP contribution in [0.5, 0.6) is 0 Å². The number of hydrogen-bond donors (Lipinski definition) is 1. The highest BCUT2D eigenvalue weighted by Crippen LogP contribution is 2.48. The van der Waals surface area contributed by atoms with Crippen molar-refractivity contribution in [2.45, 2.75) is 20.5 Å². The van der Waals surface area contributed by atoms with Gasteiger partial charge in [-0.25, -0.2) is 4.79 Å². The minimum Gasteiger partial charge on any atom is -0.464 e. The van der Waals surface area contributed by atoms with Crippen LogP contribution in [0.4, 0.5) is 0 Å². The van der Waals surface area contributed by atoms with Gasteiger partial charge in [-0.3, -0.25) is 4.57 Å². The lowest BCUT2D eigenvalue weighted by atomic mass is 10.2. The Morgan fingerprint density at radius 1 is 1.25 bits per heavy atom. The molecule has 1 heterocycles. The predicted molar refractivity (Wildman–Crippen MR) is 73.3 cm³/mol. The fourth-order valence-corrected chi connectivity index (χ4v) is 3.54. The first-order chi connectivity index (χ1) is 9.53. The first kappa shape index (κ1) is 16.9. The van der Waals surface area contributed by atoms with Gasteiger partial charge in [-0.2, -0.15) is 0 Å². The smallest absolute Gasteiger partial charge is 0.363 e. The fraction of sp³-hybridized carbons (Fsp3) is 0.583. The van der Waals surface area contributed by atoms with Gasteiger partial charge in [0.15, 0.2) is 0 Å². The highest BCUT2D eigenvalue weighted by atomic mass is 31.2. The lowest BCUT2D eigenvalue weighted by Gasteiger charge is -2.17. The number of hydrogen-bond acceptors (Lipinski definition) is 6. The molecule has 0 aliphatic carbocycles. The van der Waals surface area contributed by atoms with Crippen LogP contribution in [-0.4, -0.2) is 38.4 Å². The van der Waals surface area contributed by atoms with E-state index >= 15 is 0 Å². The Morgan fingerprint density at radius 2 is 1.85 bits per heavy atom. The Morgan fingerprint density at radius 3 is 2.30 bits per heavy atom. The van der Waals surface area contributed by atoms with E-state index in [9.17, 15) is 9.36 Å². The van der Waals surface area contributed by atoms with Crippen LogP contribution in [-0.2, 0) is 29.7 Å². The number of carbonyl (C=O) groups excluding carboxylic acids is 1. The van der Waals surface area contributed by atoms with Crippen LogP contribution >= 0.6 is 7.60 Å². The van der Waals surface area contributed by atoms with E-state index in [-0.39, 0.29) is 25.5 Å². The monoisotopic (exact) mass is 305 g/mol. The van der Waals surface area contributed by atoms with E-state index in [1.54, 1.807) is 13.8 Å². The lowest BCUT2D eigenvalue weighted by molar-refractivity contribution is 0.0590.